The Morgan fingerprint density at radius 1 is 1.06 bits per heavy atom. The number of nitrogens with zero attached hydrogens (tertiary/aromatic N) is 5. The fourth-order valence-corrected chi connectivity index (χ4v) is 5.89. The van der Waals surface area contributed by atoms with Crippen LogP contribution in [-0.4, -0.2) is 82.2 Å². The Bertz CT molecular complexity index is 1180. The van der Waals surface area contributed by atoms with Crippen molar-refractivity contribution in [2.24, 2.45) is 5.92 Å². The van der Waals surface area contributed by atoms with Gasteiger partial charge in [-0.05, 0) is 58.7 Å². The summed E-state index contributed by atoms with van der Waals surface area (Å²) in [6.45, 7) is 11.1. The van der Waals surface area contributed by atoms with Gasteiger partial charge in [-0.3, -0.25) is 24.0 Å². The van der Waals surface area contributed by atoms with Gasteiger partial charge in [-0.25, -0.2) is 0 Å². The number of amides is 3. The van der Waals surface area contributed by atoms with Crippen LogP contribution in [0, 0.1) is 19.8 Å². The first kappa shape index (κ1) is 24.5. The summed E-state index contributed by atoms with van der Waals surface area (Å²) < 4.78 is 7.63. The second-order valence-corrected chi connectivity index (χ2v) is 10.4. The third-order valence-electron chi connectivity index (χ3n) is 7.46. The molecule has 0 N–H and O–H groups in total. The Kier molecular flexibility index (Phi) is 6.59. The zero-order valence-corrected chi connectivity index (χ0v) is 21.6. The number of hydrogen-bond acceptors (Lipinski definition) is 6. The van der Waals surface area contributed by atoms with Gasteiger partial charge in [-0.2, -0.15) is 5.10 Å². The van der Waals surface area contributed by atoms with Gasteiger partial charge in [-0.15, -0.1) is 0 Å². The number of piperidine rings is 1. The molecule has 1 aromatic heterocycles. The lowest BCUT2D eigenvalue weighted by Crippen LogP contribution is -2.52. The molecule has 1 aromatic carbocycles. The minimum atomic E-state index is -0.267. The van der Waals surface area contributed by atoms with E-state index in [1.807, 2.05) is 55.5 Å². The monoisotopic (exact) mass is 493 g/mol. The van der Waals surface area contributed by atoms with Crippen molar-refractivity contribution in [1.82, 2.24) is 19.6 Å². The molecule has 192 valence electrons. The molecule has 3 aliphatic heterocycles. The third-order valence-corrected chi connectivity index (χ3v) is 7.46. The van der Waals surface area contributed by atoms with Crippen molar-refractivity contribution in [3.8, 4) is 0 Å². The number of carbonyl (C=O) groups is 3. The summed E-state index contributed by atoms with van der Waals surface area (Å²) >= 11 is 0. The summed E-state index contributed by atoms with van der Waals surface area (Å²) in [5.74, 6) is -0.514. The van der Waals surface area contributed by atoms with Crippen LogP contribution in [0.4, 0.5) is 5.69 Å². The molecule has 4 heterocycles. The number of anilines is 1. The predicted molar refractivity (Wildman–Crippen MR) is 135 cm³/mol. The fourth-order valence-electron chi connectivity index (χ4n) is 5.89. The molecule has 3 aliphatic rings. The summed E-state index contributed by atoms with van der Waals surface area (Å²) in [4.78, 5) is 45.4. The van der Waals surface area contributed by atoms with E-state index in [0.29, 0.717) is 37.3 Å². The maximum Gasteiger partial charge on any atom is 0.263 e. The largest absolute Gasteiger partial charge is 0.372 e. The van der Waals surface area contributed by atoms with Crippen LogP contribution in [0.2, 0.25) is 0 Å². The van der Waals surface area contributed by atoms with Crippen LogP contribution in [-0.2, 0) is 16.1 Å². The molecule has 5 rings (SSSR count). The maximum absolute atomic E-state index is 13.5. The van der Waals surface area contributed by atoms with E-state index in [1.54, 1.807) is 6.07 Å². The van der Waals surface area contributed by atoms with Gasteiger partial charge < -0.3 is 14.5 Å². The molecule has 9 nitrogen and oxygen atoms in total. The maximum atomic E-state index is 13.5. The van der Waals surface area contributed by atoms with Crippen LogP contribution < -0.4 is 4.90 Å². The smallest absolute Gasteiger partial charge is 0.263 e. The quantitative estimate of drug-likeness (QED) is 0.595. The SMILES string of the molecule is Cc1cc(C)n(CCN2C(=O)c3cccc(N4CCCC(C(=O)N5C[C@@H](C)O[C@@H](C)C5)C4)c3C2=O)n1. The van der Waals surface area contributed by atoms with Crippen LogP contribution in [0.3, 0.4) is 0 Å². The molecule has 3 atom stereocenters. The van der Waals surface area contributed by atoms with Crippen molar-refractivity contribution < 1.29 is 19.1 Å². The normalized spacial score (nSPS) is 24.4. The molecular formula is C27H35N5O4. The average molecular weight is 494 g/mol. The van der Waals surface area contributed by atoms with E-state index in [2.05, 4.69) is 10.00 Å². The zero-order valence-electron chi connectivity index (χ0n) is 21.6. The van der Waals surface area contributed by atoms with E-state index < -0.39 is 0 Å². The van der Waals surface area contributed by atoms with Gasteiger partial charge >= 0.3 is 0 Å². The van der Waals surface area contributed by atoms with Crippen molar-refractivity contribution in [3.05, 3.63) is 46.8 Å². The highest BCUT2D eigenvalue weighted by Gasteiger charge is 2.40. The van der Waals surface area contributed by atoms with Gasteiger partial charge in [0.15, 0.2) is 0 Å². The summed E-state index contributed by atoms with van der Waals surface area (Å²) in [5, 5.41) is 4.45. The van der Waals surface area contributed by atoms with E-state index in [-0.39, 0.29) is 42.4 Å². The van der Waals surface area contributed by atoms with E-state index >= 15 is 0 Å². The molecule has 0 aliphatic carbocycles. The van der Waals surface area contributed by atoms with Crippen molar-refractivity contribution in [2.75, 3.05) is 37.6 Å². The highest BCUT2D eigenvalue weighted by Crippen LogP contribution is 2.34. The van der Waals surface area contributed by atoms with Gasteiger partial charge in [0.1, 0.15) is 0 Å². The lowest BCUT2D eigenvalue weighted by atomic mass is 9.94. The van der Waals surface area contributed by atoms with Crippen LogP contribution in [0.1, 0.15) is 58.8 Å². The molecule has 0 saturated carbocycles. The van der Waals surface area contributed by atoms with E-state index in [1.165, 1.54) is 4.90 Å². The third kappa shape index (κ3) is 4.52. The number of carbonyl (C=O) groups excluding carboxylic acids is 3. The Balaban J connectivity index is 1.33. The van der Waals surface area contributed by atoms with Gasteiger partial charge in [0, 0.05) is 38.4 Å². The first-order valence-corrected chi connectivity index (χ1v) is 12.9. The van der Waals surface area contributed by atoms with E-state index in [0.717, 1.165) is 36.5 Å². The lowest BCUT2D eigenvalue weighted by molar-refractivity contribution is -0.147. The number of imide groups is 1. The van der Waals surface area contributed by atoms with E-state index in [4.69, 9.17) is 4.74 Å². The fraction of sp³-hybridized carbons (Fsp3) is 0.556. The minimum Gasteiger partial charge on any atom is -0.372 e. The zero-order chi connectivity index (χ0) is 25.6. The summed E-state index contributed by atoms with van der Waals surface area (Å²) in [6.07, 6.45) is 1.74. The van der Waals surface area contributed by atoms with Gasteiger partial charge in [-0.1, -0.05) is 6.07 Å². The van der Waals surface area contributed by atoms with Crippen molar-refractivity contribution in [1.29, 1.82) is 0 Å². The molecule has 36 heavy (non-hydrogen) atoms. The van der Waals surface area contributed by atoms with Crippen molar-refractivity contribution >= 4 is 23.4 Å². The lowest BCUT2D eigenvalue weighted by Gasteiger charge is -2.40. The van der Waals surface area contributed by atoms with E-state index in [9.17, 15) is 14.4 Å². The van der Waals surface area contributed by atoms with Crippen LogP contribution in [0.5, 0.6) is 0 Å². The highest BCUT2D eigenvalue weighted by atomic mass is 16.5. The summed E-state index contributed by atoms with van der Waals surface area (Å²) in [5.41, 5.74) is 3.55. The average Bonchev–Trinajstić information content (AvgIpc) is 3.30. The topological polar surface area (TPSA) is 88.0 Å². The molecule has 2 aromatic rings. The predicted octanol–water partition coefficient (Wildman–Crippen LogP) is 2.65. The molecule has 1 unspecified atom stereocenters. The highest BCUT2D eigenvalue weighted by molar-refractivity contribution is 6.23. The summed E-state index contributed by atoms with van der Waals surface area (Å²) in [7, 11) is 0. The Labute approximate surface area is 212 Å². The molecule has 3 amide bonds. The number of aryl methyl sites for hydroxylation is 2. The van der Waals surface area contributed by atoms with Gasteiger partial charge in [0.2, 0.25) is 5.91 Å². The van der Waals surface area contributed by atoms with Gasteiger partial charge in [0.25, 0.3) is 11.8 Å². The molecule has 0 bridgehead atoms. The molecule has 2 fully saturated rings. The second-order valence-electron chi connectivity index (χ2n) is 10.4. The molecule has 0 radical (unpaired) electrons. The first-order valence-electron chi connectivity index (χ1n) is 12.9. The number of rotatable bonds is 5. The van der Waals surface area contributed by atoms with Crippen LogP contribution >= 0.6 is 0 Å². The van der Waals surface area contributed by atoms with Crippen molar-refractivity contribution in [3.63, 3.8) is 0 Å². The molecule has 0 spiro atoms. The first-order chi connectivity index (χ1) is 17.2. The molecule has 9 heteroatoms. The Morgan fingerprint density at radius 2 is 1.81 bits per heavy atom. The number of benzene rings is 1. The number of fused-ring (bicyclic) bond motifs is 1. The minimum absolute atomic E-state index is 0.0267. The molecule has 2 saturated heterocycles. The number of morpholine rings is 1. The molecular weight excluding hydrogens is 458 g/mol. The number of aromatic nitrogens is 2. The Hall–Kier alpha value is -3.20. The van der Waals surface area contributed by atoms with Crippen molar-refractivity contribution in [2.45, 2.75) is 59.3 Å². The Morgan fingerprint density at radius 3 is 2.50 bits per heavy atom. The van der Waals surface area contributed by atoms with Crippen LogP contribution in [0.25, 0.3) is 0 Å². The number of hydrogen-bond donors (Lipinski definition) is 0. The standard InChI is InChI=1S/C27H35N5O4/c1-17-13-18(2)32(28-17)12-11-31-26(34)22-8-5-9-23(24(22)27(31)35)29-10-6-7-21(16-29)25(33)30-14-19(3)36-20(4)15-30/h5,8-9,13,19-21H,6-7,10-12,14-16H2,1-4H3/t19-,20+,21?. The van der Waals surface area contributed by atoms with Gasteiger partial charge in [0.05, 0.1) is 47.2 Å². The number of ether oxygens (including phenoxy) is 1. The van der Waals surface area contributed by atoms with Crippen LogP contribution in [0.15, 0.2) is 24.3 Å². The summed E-state index contributed by atoms with van der Waals surface area (Å²) in [6, 6.07) is 7.44. The second kappa shape index (κ2) is 9.69.